The van der Waals surface area contributed by atoms with Gasteiger partial charge in [-0.05, 0) is 50.6 Å². The third-order valence-electron chi connectivity index (χ3n) is 4.64. The minimum absolute atomic E-state index is 0.0334. The smallest absolute Gasteiger partial charge is 0.237 e. The Kier molecular flexibility index (Phi) is 5.22. The highest BCUT2D eigenvalue weighted by Gasteiger charge is 2.30. The number of amides is 1. The Bertz CT molecular complexity index is 1130. The number of ether oxygens (including phenoxy) is 1. The molecule has 2 aromatic heterocycles. The molecule has 8 heteroatoms. The van der Waals surface area contributed by atoms with E-state index in [0.29, 0.717) is 17.1 Å². The van der Waals surface area contributed by atoms with E-state index in [2.05, 4.69) is 42.2 Å². The standard InChI is InChI=1S/C22H21N5O2S/c1-22(2,3)27-20-17(12-25-27)19(30-13-18(28)26-20)14-6-8-16(9-7-14)29-21-15(11-23)5-4-10-24-21/h4-10,12,19H,13H2,1-3H3,(H,26,28). The lowest BCUT2D eigenvalue weighted by Gasteiger charge is -2.23. The molecule has 0 fully saturated rings. The fraction of sp³-hybridized carbons (Fsp3) is 0.273. The zero-order chi connectivity index (χ0) is 21.3. The van der Waals surface area contributed by atoms with Crippen molar-refractivity contribution in [2.45, 2.75) is 31.6 Å². The number of nitriles is 1. The second-order valence-corrected chi connectivity index (χ2v) is 9.00. The first kappa shape index (κ1) is 20.0. The molecule has 152 valence electrons. The predicted molar refractivity (Wildman–Crippen MR) is 116 cm³/mol. The largest absolute Gasteiger partial charge is 0.438 e. The molecule has 0 spiro atoms. The van der Waals surface area contributed by atoms with E-state index in [1.807, 2.05) is 35.1 Å². The number of carbonyl (C=O) groups is 1. The molecule has 0 saturated carbocycles. The maximum Gasteiger partial charge on any atom is 0.237 e. The van der Waals surface area contributed by atoms with Gasteiger partial charge in [0, 0.05) is 11.8 Å². The molecule has 0 saturated heterocycles. The quantitative estimate of drug-likeness (QED) is 0.673. The highest BCUT2D eigenvalue weighted by molar-refractivity contribution is 8.00. The third-order valence-corrected chi connectivity index (χ3v) is 5.93. The Morgan fingerprint density at radius 1 is 1.27 bits per heavy atom. The molecule has 4 rings (SSSR count). The molecule has 1 amide bonds. The van der Waals surface area contributed by atoms with E-state index < -0.39 is 0 Å². The van der Waals surface area contributed by atoms with Crippen molar-refractivity contribution in [3.63, 3.8) is 0 Å². The molecule has 0 bridgehead atoms. The number of hydrogen-bond acceptors (Lipinski definition) is 6. The van der Waals surface area contributed by atoms with Crippen molar-refractivity contribution < 1.29 is 9.53 Å². The van der Waals surface area contributed by atoms with Crippen LogP contribution in [0, 0.1) is 11.3 Å². The maximum atomic E-state index is 12.3. The topological polar surface area (TPSA) is 92.8 Å². The van der Waals surface area contributed by atoms with Gasteiger partial charge in [0.15, 0.2) is 0 Å². The third kappa shape index (κ3) is 3.89. The van der Waals surface area contributed by atoms with Crippen LogP contribution in [0.3, 0.4) is 0 Å². The second-order valence-electron chi connectivity index (χ2n) is 7.91. The highest BCUT2D eigenvalue weighted by Crippen LogP contribution is 2.43. The van der Waals surface area contributed by atoms with Crippen molar-refractivity contribution in [2.75, 3.05) is 11.1 Å². The number of aromatic nitrogens is 3. The average Bonchev–Trinajstić information content (AvgIpc) is 3.06. The van der Waals surface area contributed by atoms with Gasteiger partial charge < -0.3 is 10.1 Å². The van der Waals surface area contributed by atoms with Crippen LogP contribution >= 0.6 is 11.8 Å². The van der Waals surface area contributed by atoms with Crippen LogP contribution in [-0.4, -0.2) is 26.4 Å². The van der Waals surface area contributed by atoms with Crippen LogP contribution < -0.4 is 10.1 Å². The van der Waals surface area contributed by atoms with Gasteiger partial charge in [-0.1, -0.05) is 12.1 Å². The van der Waals surface area contributed by atoms with Gasteiger partial charge in [0.05, 0.1) is 22.7 Å². The number of anilines is 1. The molecule has 7 nitrogen and oxygen atoms in total. The lowest BCUT2D eigenvalue weighted by Crippen LogP contribution is -2.27. The van der Waals surface area contributed by atoms with Crippen molar-refractivity contribution in [2.24, 2.45) is 0 Å². The van der Waals surface area contributed by atoms with E-state index in [1.54, 1.807) is 30.1 Å². The van der Waals surface area contributed by atoms with Crippen molar-refractivity contribution in [1.82, 2.24) is 14.8 Å². The van der Waals surface area contributed by atoms with Crippen molar-refractivity contribution in [3.8, 4) is 17.7 Å². The summed E-state index contributed by atoms with van der Waals surface area (Å²) in [6, 6.07) is 13.1. The number of carbonyl (C=O) groups excluding carboxylic acids is 1. The van der Waals surface area contributed by atoms with Crippen molar-refractivity contribution >= 4 is 23.5 Å². The number of fused-ring (bicyclic) bond motifs is 1. The first-order chi connectivity index (χ1) is 14.4. The molecule has 1 aliphatic heterocycles. The Labute approximate surface area is 179 Å². The normalized spacial score (nSPS) is 16.2. The van der Waals surface area contributed by atoms with Crippen LogP contribution in [0.25, 0.3) is 0 Å². The number of nitrogens with one attached hydrogen (secondary N) is 1. The summed E-state index contributed by atoms with van der Waals surface area (Å²) >= 11 is 1.57. The summed E-state index contributed by atoms with van der Waals surface area (Å²) in [5.41, 5.74) is 2.15. The SMILES string of the molecule is CC(C)(C)n1ncc2c1NC(=O)CSC2c1ccc(Oc2ncccc2C#N)cc1. The van der Waals surface area contributed by atoms with E-state index >= 15 is 0 Å². The van der Waals surface area contributed by atoms with Crippen LogP contribution in [0.1, 0.15) is 42.7 Å². The van der Waals surface area contributed by atoms with Crippen LogP contribution in [0.15, 0.2) is 48.8 Å². The van der Waals surface area contributed by atoms with Gasteiger partial charge in [0.25, 0.3) is 0 Å². The van der Waals surface area contributed by atoms with Gasteiger partial charge in [-0.15, -0.1) is 11.8 Å². The van der Waals surface area contributed by atoms with E-state index in [4.69, 9.17) is 4.74 Å². The summed E-state index contributed by atoms with van der Waals surface area (Å²) in [6.07, 6.45) is 3.42. The van der Waals surface area contributed by atoms with Crippen LogP contribution in [0.5, 0.6) is 11.6 Å². The summed E-state index contributed by atoms with van der Waals surface area (Å²) in [7, 11) is 0. The first-order valence-corrected chi connectivity index (χ1v) is 10.5. The molecule has 30 heavy (non-hydrogen) atoms. The zero-order valence-corrected chi connectivity index (χ0v) is 17.7. The summed E-state index contributed by atoms with van der Waals surface area (Å²) in [6.45, 7) is 6.16. The average molecular weight is 420 g/mol. The molecule has 1 unspecified atom stereocenters. The van der Waals surface area contributed by atoms with Crippen LogP contribution in [-0.2, 0) is 10.3 Å². The number of pyridine rings is 1. The van der Waals surface area contributed by atoms with Crippen LogP contribution in [0.4, 0.5) is 5.82 Å². The van der Waals surface area contributed by atoms with E-state index in [-0.39, 0.29) is 22.6 Å². The van der Waals surface area contributed by atoms with Gasteiger partial charge in [-0.3, -0.25) is 4.79 Å². The number of hydrogen-bond donors (Lipinski definition) is 1. The zero-order valence-electron chi connectivity index (χ0n) is 16.9. The fourth-order valence-electron chi connectivity index (χ4n) is 3.26. The van der Waals surface area contributed by atoms with Gasteiger partial charge in [-0.25, -0.2) is 9.67 Å². The van der Waals surface area contributed by atoms with Crippen molar-refractivity contribution in [3.05, 3.63) is 65.5 Å². The van der Waals surface area contributed by atoms with Gasteiger partial charge >= 0.3 is 0 Å². The lowest BCUT2D eigenvalue weighted by atomic mass is 10.1. The molecule has 3 heterocycles. The summed E-state index contributed by atoms with van der Waals surface area (Å²) in [4.78, 5) is 16.4. The highest BCUT2D eigenvalue weighted by atomic mass is 32.2. The second kappa shape index (κ2) is 7.84. The Balaban J connectivity index is 1.64. The molecular weight excluding hydrogens is 398 g/mol. The van der Waals surface area contributed by atoms with E-state index in [1.165, 1.54) is 0 Å². The van der Waals surface area contributed by atoms with Gasteiger partial charge in [0.1, 0.15) is 23.2 Å². The molecule has 0 radical (unpaired) electrons. The Morgan fingerprint density at radius 3 is 2.73 bits per heavy atom. The molecule has 1 aliphatic rings. The summed E-state index contributed by atoms with van der Waals surface area (Å²) in [5.74, 6) is 1.94. The van der Waals surface area contributed by atoms with E-state index in [0.717, 1.165) is 16.9 Å². The molecule has 1 atom stereocenters. The van der Waals surface area contributed by atoms with Crippen molar-refractivity contribution in [1.29, 1.82) is 5.26 Å². The van der Waals surface area contributed by atoms with Gasteiger partial charge in [-0.2, -0.15) is 10.4 Å². The summed E-state index contributed by atoms with van der Waals surface area (Å²) in [5, 5.41) is 16.7. The first-order valence-electron chi connectivity index (χ1n) is 9.49. The lowest BCUT2D eigenvalue weighted by molar-refractivity contribution is -0.113. The minimum Gasteiger partial charge on any atom is -0.438 e. The van der Waals surface area contributed by atoms with E-state index in [9.17, 15) is 10.1 Å². The maximum absolute atomic E-state index is 12.3. The number of benzene rings is 1. The summed E-state index contributed by atoms with van der Waals surface area (Å²) < 4.78 is 7.64. The molecule has 0 aliphatic carbocycles. The molecule has 1 N–H and O–H groups in total. The minimum atomic E-state index is -0.251. The number of nitrogens with zero attached hydrogens (tertiary/aromatic N) is 4. The monoisotopic (exact) mass is 419 g/mol. The fourth-order valence-corrected chi connectivity index (χ4v) is 4.35. The Morgan fingerprint density at radius 2 is 2.03 bits per heavy atom. The van der Waals surface area contributed by atoms with Crippen LogP contribution in [0.2, 0.25) is 0 Å². The molecule has 3 aromatic rings. The van der Waals surface area contributed by atoms with Gasteiger partial charge in [0.2, 0.25) is 11.8 Å². The molecule has 1 aromatic carbocycles. The number of rotatable bonds is 3. The predicted octanol–water partition coefficient (Wildman–Crippen LogP) is 4.47. The molecular formula is C22H21N5O2S. The Hall–Kier alpha value is -3.31. The number of thioether (sulfide) groups is 1.